The van der Waals surface area contributed by atoms with Crippen LogP contribution in [-0.2, 0) is 16.1 Å². The largest absolute Gasteiger partial charge is 0.480 e. The molecule has 2 aromatic rings. The van der Waals surface area contributed by atoms with Crippen LogP contribution in [0.5, 0.6) is 0 Å². The van der Waals surface area contributed by atoms with Crippen LogP contribution in [-0.4, -0.2) is 41.0 Å². The molecule has 3 rings (SSSR count). The Kier molecular flexibility index (Phi) is 4.71. The van der Waals surface area contributed by atoms with Crippen molar-refractivity contribution in [3.05, 3.63) is 60.2 Å². The normalized spacial score (nSPS) is 23.8. The van der Waals surface area contributed by atoms with Gasteiger partial charge in [0.05, 0.1) is 12.7 Å². The average Bonchev–Trinajstić information content (AvgIpc) is 2.95. The van der Waals surface area contributed by atoms with Crippen LogP contribution in [0.2, 0.25) is 0 Å². The fourth-order valence-corrected chi connectivity index (χ4v) is 2.72. The van der Waals surface area contributed by atoms with Crippen molar-refractivity contribution in [2.24, 2.45) is 0 Å². The van der Waals surface area contributed by atoms with Gasteiger partial charge in [-0.05, 0) is 16.7 Å². The van der Waals surface area contributed by atoms with Gasteiger partial charge in [0.1, 0.15) is 12.1 Å². The van der Waals surface area contributed by atoms with E-state index < -0.39 is 24.2 Å². The Hall–Kier alpha value is -2.21. The molecule has 0 spiro atoms. The summed E-state index contributed by atoms with van der Waals surface area (Å²) >= 11 is 0. The molecule has 0 bridgehead atoms. The van der Waals surface area contributed by atoms with Gasteiger partial charge in [0, 0.05) is 6.54 Å². The molecule has 1 aliphatic rings. The number of hydrogen-bond donors (Lipinski definition) is 3. The molecule has 1 fully saturated rings. The number of aliphatic carboxylic acids is 1. The van der Waals surface area contributed by atoms with Crippen LogP contribution in [0.25, 0.3) is 11.1 Å². The molecule has 1 heterocycles. The maximum Gasteiger partial charge on any atom is 0.323 e. The minimum absolute atomic E-state index is 0.334. The number of benzene rings is 2. The van der Waals surface area contributed by atoms with Crippen LogP contribution in [0.3, 0.4) is 0 Å². The number of hydrogen-bond acceptors (Lipinski definition) is 4. The molecule has 5 heteroatoms. The molecule has 3 atom stereocenters. The first-order valence-electron chi connectivity index (χ1n) is 7.55. The van der Waals surface area contributed by atoms with Gasteiger partial charge in [0.2, 0.25) is 0 Å². The van der Waals surface area contributed by atoms with E-state index in [4.69, 9.17) is 9.84 Å². The van der Waals surface area contributed by atoms with E-state index in [9.17, 15) is 9.90 Å². The third-order valence-corrected chi connectivity index (χ3v) is 4.05. The van der Waals surface area contributed by atoms with Crippen molar-refractivity contribution in [1.82, 2.24) is 5.32 Å². The molecular weight excluding hydrogens is 294 g/mol. The Labute approximate surface area is 134 Å². The van der Waals surface area contributed by atoms with E-state index in [1.54, 1.807) is 0 Å². The van der Waals surface area contributed by atoms with Crippen LogP contribution >= 0.6 is 0 Å². The molecule has 2 unspecified atom stereocenters. The zero-order valence-electron chi connectivity index (χ0n) is 12.6. The Morgan fingerprint density at radius 1 is 1.09 bits per heavy atom. The Morgan fingerprint density at radius 2 is 1.74 bits per heavy atom. The first-order chi connectivity index (χ1) is 11.1. The maximum atomic E-state index is 10.9. The second-order valence-corrected chi connectivity index (χ2v) is 5.63. The number of ether oxygens (including phenoxy) is 1. The molecule has 23 heavy (non-hydrogen) atoms. The number of aliphatic hydroxyl groups is 1. The highest BCUT2D eigenvalue weighted by molar-refractivity contribution is 5.75. The van der Waals surface area contributed by atoms with Gasteiger partial charge in [0.25, 0.3) is 0 Å². The van der Waals surface area contributed by atoms with Crippen LogP contribution in [0, 0.1) is 0 Å². The SMILES string of the molecule is O=C(O)[C@H]1NCC(OCc2ccc(-c3ccccc3)cc2)C1O. The molecule has 1 aliphatic heterocycles. The highest BCUT2D eigenvalue weighted by Crippen LogP contribution is 2.20. The molecule has 120 valence electrons. The minimum atomic E-state index is -1.06. The first-order valence-corrected chi connectivity index (χ1v) is 7.55. The summed E-state index contributed by atoms with van der Waals surface area (Å²) < 4.78 is 5.65. The van der Waals surface area contributed by atoms with E-state index in [1.807, 2.05) is 42.5 Å². The van der Waals surface area contributed by atoms with Crippen molar-refractivity contribution in [3.63, 3.8) is 0 Å². The summed E-state index contributed by atoms with van der Waals surface area (Å²) in [7, 11) is 0. The molecule has 0 aromatic heterocycles. The summed E-state index contributed by atoms with van der Waals surface area (Å²) in [5.41, 5.74) is 3.26. The predicted octanol–water partition coefficient (Wildman–Crippen LogP) is 1.66. The topological polar surface area (TPSA) is 78.8 Å². The lowest BCUT2D eigenvalue weighted by atomic mass is 10.0. The quantitative estimate of drug-likeness (QED) is 0.782. The van der Waals surface area contributed by atoms with E-state index in [2.05, 4.69) is 17.4 Å². The maximum absolute atomic E-state index is 10.9. The van der Waals surface area contributed by atoms with Gasteiger partial charge < -0.3 is 14.9 Å². The predicted molar refractivity (Wildman–Crippen MR) is 85.9 cm³/mol. The van der Waals surface area contributed by atoms with Crippen LogP contribution in [0.4, 0.5) is 0 Å². The molecule has 0 radical (unpaired) electrons. The minimum Gasteiger partial charge on any atom is -0.480 e. The number of carboxylic acids is 1. The summed E-state index contributed by atoms with van der Waals surface area (Å²) in [5.74, 6) is -1.06. The fourth-order valence-electron chi connectivity index (χ4n) is 2.72. The standard InChI is InChI=1S/C18H19NO4/c20-17-15(10-19-16(17)18(21)22)23-11-12-6-8-14(9-7-12)13-4-2-1-3-5-13/h1-9,15-17,19-20H,10-11H2,(H,21,22)/t15?,16-,17?/m0/s1. The van der Waals surface area contributed by atoms with Gasteiger partial charge in [-0.25, -0.2) is 0 Å². The molecule has 5 nitrogen and oxygen atoms in total. The summed E-state index contributed by atoms with van der Waals surface area (Å²) in [6.07, 6.45) is -1.54. The molecule has 1 saturated heterocycles. The van der Waals surface area contributed by atoms with Gasteiger partial charge in [-0.3, -0.25) is 10.1 Å². The van der Waals surface area contributed by atoms with Crippen molar-refractivity contribution < 1.29 is 19.7 Å². The Morgan fingerprint density at radius 3 is 2.35 bits per heavy atom. The molecule has 0 aliphatic carbocycles. The van der Waals surface area contributed by atoms with Gasteiger partial charge in [0.15, 0.2) is 0 Å². The third-order valence-electron chi connectivity index (χ3n) is 4.05. The number of carboxylic acid groups (broad SMARTS) is 1. The zero-order valence-corrected chi connectivity index (χ0v) is 12.6. The number of rotatable bonds is 5. The van der Waals surface area contributed by atoms with E-state index in [1.165, 1.54) is 0 Å². The van der Waals surface area contributed by atoms with Gasteiger partial charge >= 0.3 is 5.97 Å². The average molecular weight is 313 g/mol. The van der Waals surface area contributed by atoms with Crippen molar-refractivity contribution >= 4 is 5.97 Å². The Balaban J connectivity index is 1.58. The Bertz CT molecular complexity index is 656. The van der Waals surface area contributed by atoms with Gasteiger partial charge in [-0.2, -0.15) is 0 Å². The summed E-state index contributed by atoms with van der Waals surface area (Å²) in [6, 6.07) is 17.1. The van der Waals surface area contributed by atoms with Crippen molar-refractivity contribution in [2.75, 3.05) is 6.54 Å². The fraction of sp³-hybridized carbons (Fsp3) is 0.278. The smallest absolute Gasteiger partial charge is 0.323 e. The number of nitrogens with one attached hydrogen (secondary N) is 1. The van der Waals surface area contributed by atoms with E-state index in [0.29, 0.717) is 13.2 Å². The molecular formula is C18H19NO4. The summed E-state index contributed by atoms with van der Waals surface area (Å²) in [5, 5.41) is 21.6. The molecule has 3 N–H and O–H groups in total. The van der Waals surface area contributed by atoms with Crippen molar-refractivity contribution in [2.45, 2.75) is 24.9 Å². The lowest BCUT2D eigenvalue weighted by molar-refractivity contribution is -0.142. The highest BCUT2D eigenvalue weighted by atomic mass is 16.5. The molecule has 0 saturated carbocycles. The molecule has 0 amide bonds. The van der Waals surface area contributed by atoms with Crippen LogP contribution in [0.15, 0.2) is 54.6 Å². The molecule has 2 aromatic carbocycles. The highest BCUT2D eigenvalue weighted by Gasteiger charge is 2.39. The van der Waals surface area contributed by atoms with E-state index in [0.717, 1.165) is 16.7 Å². The van der Waals surface area contributed by atoms with Crippen molar-refractivity contribution in [3.8, 4) is 11.1 Å². The zero-order chi connectivity index (χ0) is 16.2. The monoisotopic (exact) mass is 313 g/mol. The van der Waals surface area contributed by atoms with Gasteiger partial charge in [-0.1, -0.05) is 54.6 Å². The van der Waals surface area contributed by atoms with E-state index in [-0.39, 0.29) is 0 Å². The summed E-state index contributed by atoms with van der Waals surface area (Å²) in [6.45, 7) is 0.672. The van der Waals surface area contributed by atoms with Crippen molar-refractivity contribution in [1.29, 1.82) is 0 Å². The van der Waals surface area contributed by atoms with Gasteiger partial charge in [-0.15, -0.1) is 0 Å². The first kappa shape index (κ1) is 15.7. The second-order valence-electron chi connectivity index (χ2n) is 5.63. The third kappa shape index (κ3) is 3.59. The lowest BCUT2D eigenvalue weighted by Crippen LogP contribution is -2.40. The lowest BCUT2D eigenvalue weighted by Gasteiger charge is -2.16. The summed E-state index contributed by atoms with van der Waals surface area (Å²) in [4.78, 5) is 10.9. The number of aliphatic hydroxyl groups excluding tert-OH is 1. The van der Waals surface area contributed by atoms with E-state index >= 15 is 0 Å². The number of carbonyl (C=O) groups is 1. The van der Waals surface area contributed by atoms with Crippen LogP contribution < -0.4 is 5.32 Å². The second kappa shape index (κ2) is 6.91. The van der Waals surface area contributed by atoms with Crippen LogP contribution in [0.1, 0.15) is 5.56 Å².